The van der Waals surface area contributed by atoms with E-state index in [4.69, 9.17) is 27.9 Å². The van der Waals surface area contributed by atoms with Crippen molar-refractivity contribution in [3.63, 3.8) is 0 Å². The Kier molecular flexibility index (Phi) is 12.0. The first kappa shape index (κ1) is 30.7. The van der Waals surface area contributed by atoms with E-state index in [0.29, 0.717) is 40.0 Å². The Morgan fingerprint density at radius 2 is 1.73 bits per heavy atom. The normalized spacial score (nSPS) is 12.1. The van der Waals surface area contributed by atoms with E-state index in [1.807, 2.05) is 13.8 Å². The van der Waals surface area contributed by atoms with E-state index in [1.54, 1.807) is 42.5 Å². The lowest BCUT2D eigenvalue weighted by Gasteiger charge is -2.31. The fourth-order valence-electron chi connectivity index (χ4n) is 3.91. The van der Waals surface area contributed by atoms with Crippen LogP contribution in [0.15, 0.2) is 42.5 Å². The number of nitrogens with zero attached hydrogens (tertiary/aromatic N) is 2. The van der Waals surface area contributed by atoms with E-state index >= 15 is 0 Å². The number of rotatable bonds is 14. The zero-order valence-corrected chi connectivity index (χ0v) is 24.0. The Bertz CT molecular complexity index is 1160. The molecule has 0 heterocycles. The van der Waals surface area contributed by atoms with Crippen LogP contribution in [0.25, 0.3) is 0 Å². The SMILES string of the molecule is CCCNC(=O)[C@H](CC)N(Cc1c(Cl)cccc1Cl)C(=O)CCCN(c1cccc(OC)c1)S(C)(=O)=O. The van der Waals surface area contributed by atoms with Gasteiger partial charge in [0, 0.05) is 47.7 Å². The number of ether oxygens (including phenoxy) is 1. The maximum Gasteiger partial charge on any atom is 0.242 e. The monoisotopic (exact) mass is 571 g/mol. The fraction of sp³-hybridized carbons (Fsp3) is 0.462. The Hall–Kier alpha value is -2.49. The summed E-state index contributed by atoms with van der Waals surface area (Å²) in [5.74, 6) is -0.0301. The Labute approximate surface area is 229 Å². The first-order valence-corrected chi connectivity index (χ1v) is 14.8. The van der Waals surface area contributed by atoms with Crippen molar-refractivity contribution in [3.05, 3.63) is 58.1 Å². The first-order chi connectivity index (χ1) is 17.5. The summed E-state index contributed by atoms with van der Waals surface area (Å²) in [6.45, 7) is 4.41. The fourth-order valence-corrected chi connectivity index (χ4v) is 5.38. The highest BCUT2D eigenvalue weighted by Gasteiger charge is 2.29. The number of amides is 2. The van der Waals surface area contributed by atoms with Crippen LogP contribution < -0.4 is 14.4 Å². The van der Waals surface area contributed by atoms with Crippen molar-refractivity contribution in [2.24, 2.45) is 0 Å². The van der Waals surface area contributed by atoms with Gasteiger partial charge in [-0.1, -0.05) is 49.2 Å². The number of hydrogen-bond acceptors (Lipinski definition) is 5. The number of benzene rings is 2. The number of nitrogens with one attached hydrogen (secondary N) is 1. The molecule has 0 saturated carbocycles. The van der Waals surface area contributed by atoms with Crippen molar-refractivity contribution >= 4 is 50.7 Å². The Morgan fingerprint density at radius 1 is 1.08 bits per heavy atom. The van der Waals surface area contributed by atoms with Crippen molar-refractivity contribution in [3.8, 4) is 5.75 Å². The minimum Gasteiger partial charge on any atom is -0.497 e. The van der Waals surface area contributed by atoms with Gasteiger partial charge in [0.25, 0.3) is 0 Å². The van der Waals surface area contributed by atoms with Crippen molar-refractivity contribution in [1.29, 1.82) is 0 Å². The van der Waals surface area contributed by atoms with Crippen LogP contribution >= 0.6 is 23.2 Å². The van der Waals surface area contributed by atoms with Crippen molar-refractivity contribution in [1.82, 2.24) is 10.2 Å². The Balaban J connectivity index is 2.27. The second-order valence-electron chi connectivity index (χ2n) is 8.58. The molecule has 0 fully saturated rings. The van der Waals surface area contributed by atoms with Gasteiger partial charge in [-0.2, -0.15) is 0 Å². The average molecular weight is 573 g/mol. The van der Waals surface area contributed by atoms with Crippen LogP contribution in [-0.4, -0.2) is 57.6 Å². The molecule has 1 atom stereocenters. The summed E-state index contributed by atoms with van der Waals surface area (Å²) in [4.78, 5) is 27.9. The number of anilines is 1. The molecule has 204 valence electrons. The van der Waals surface area contributed by atoms with Gasteiger partial charge in [-0.15, -0.1) is 0 Å². The largest absolute Gasteiger partial charge is 0.497 e. The smallest absolute Gasteiger partial charge is 0.242 e. The predicted molar refractivity (Wildman–Crippen MR) is 149 cm³/mol. The molecule has 1 N–H and O–H groups in total. The van der Waals surface area contributed by atoms with Gasteiger partial charge >= 0.3 is 0 Å². The molecule has 0 aromatic heterocycles. The molecule has 0 aliphatic rings. The van der Waals surface area contributed by atoms with Gasteiger partial charge in [-0.25, -0.2) is 8.42 Å². The lowest BCUT2D eigenvalue weighted by atomic mass is 10.1. The van der Waals surface area contributed by atoms with E-state index in [1.165, 1.54) is 16.3 Å². The maximum atomic E-state index is 13.5. The lowest BCUT2D eigenvalue weighted by molar-refractivity contribution is -0.141. The third-order valence-corrected chi connectivity index (χ3v) is 7.72. The van der Waals surface area contributed by atoms with Crippen molar-refractivity contribution in [2.45, 2.75) is 52.1 Å². The summed E-state index contributed by atoms with van der Waals surface area (Å²) in [6.07, 6.45) is 2.53. The van der Waals surface area contributed by atoms with Gasteiger partial charge in [0.2, 0.25) is 21.8 Å². The van der Waals surface area contributed by atoms with Gasteiger partial charge in [0.15, 0.2) is 0 Å². The number of halogens is 2. The van der Waals surface area contributed by atoms with Crippen LogP contribution in [0.5, 0.6) is 5.75 Å². The quantitative estimate of drug-likeness (QED) is 0.348. The van der Waals surface area contributed by atoms with Crippen LogP contribution in [0.3, 0.4) is 0 Å². The van der Waals surface area contributed by atoms with Crippen LogP contribution in [0, 0.1) is 0 Å². The summed E-state index contributed by atoms with van der Waals surface area (Å²) < 4.78 is 31.5. The van der Waals surface area contributed by atoms with Crippen LogP contribution in [-0.2, 0) is 26.2 Å². The Morgan fingerprint density at radius 3 is 2.30 bits per heavy atom. The highest BCUT2D eigenvalue weighted by molar-refractivity contribution is 7.92. The molecule has 2 aromatic rings. The molecule has 37 heavy (non-hydrogen) atoms. The van der Waals surface area contributed by atoms with E-state index in [0.717, 1.165) is 12.7 Å². The molecular formula is C26H35Cl2N3O5S. The maximum absolute atomic E-state index is 13.5. The minimum atomic E-state index is -3.61. The summed E-state index contributed by atoms with van der Waals surface area (Å²) in [7, 11) is -2.11. The molecule has 2 aromatic carbocycles. The number of carbonyl (C=O) groups excluding carboxylic acids is 2. The third-order valence-electron chi connectivity index (χ3n) is 5.82. The molecule has 0 spiro atoms. The van der Waals surface area contributed by atoms with Crippen molar-refractivity contribution < 1.29 is 22.7 Å². The molecule has 8 nitrogen and oxygen atoms in total. The molecule has 0 unspecified atom stereocenters. The van der Waals surface area contributed by atoms with Gasteiger partial charge in [0.05, 0.1) is 19.1 Å². The van der Waals surface area contributed by atoms with Gasteiger partial charge in [-0.3, -0.25) is 13.9 Å². The van der Waals surface area contributed by atoms with Crippen molar-refractivity contribution in [2.75, 3.05) is 30.8 Å². The second-order valence-corrected chi connectivity index (χ2v) is 11.3. The topological polar surface area (TPSA) is 96.0 Å². The van der Waals surface area contributed by atoms with Crippen LogP contribution in [0.2, 0.25) is 10.0 Å². The molecule has 0 bridgehead atoms. The molecule has 11 heteroatoms. The number of hydrogen-bond donors (Lipinski definition) is 1. The zero-order chi connectivity index (χ0) is 27.6. The summed E-state index contributed by atoms with van der Waals surface area (Å²) in [5, 5.41) is 3.66. The first-order valence-electron chi connectivity index (χ1n) is 12.1. The lowest BCUT2D eigenvalue weighted by Crippen LogP contribution is -2.49. The average Bonchev–Trinajstić information content (AvgIpc) is 2.85. The second kappa shape index (κ2) is 14.4. The van der Waals surface area contributed by atoms with E-state index in [-0.39, 0.29) is 37.7 Å². The standard InChI is InChI=1S/C26H35Cl2N3O5S/c1-5-15-29-26(33)24(6-2)30(18-21-22(27)12-8-13-23(21)28)25(32)14-9-16-31(37(4,34)35)19-10-7-11-20(17-19)36-3/h7-8,10-13,17,24H,5-6,9,14-16,18H2,1-4H3,(H,29,33)/t24-/m0/s1. The number of carbonyl (C=O) groups is 2. The molecule has 2 rings (SSSR count). The van der Waals surface area contributed by atoms with Crippen LogP contribution in [0.1, 0.15) is 45.1 Å². The molecular weight excluding hydrogens is 537 g/mol. The molecule has 0 aliphatic carbocycles. The van der Waals surface area contributed by atoms with E-state index < -0.39 is 16.1 Å². The highest BCUT2D eigenvalue weighted by atomic mass is 35.5. The summed E-state index contributed by atoms with van der Waals surface area (Å²) >= 11 is 12.7. The molecule has 0 aliphatic heterocycles. The number of methoxy groups -OCH3 is 1. The van der Waals surface area contributed by atoms with E-state index in [9.17, 15) is 18.0 Å². The zero-order valence-electron chi connectivity index (χ0n) is 21.7. The number of sulfonamides is 1. The van der Waals surface area contributed by atoms with Crippen LogP contribution in [0.4, 0.5) is 5.69 Å². The highest BCUT2D eigenvalue weighted by Crippen LogP contribution is 2.28. The summed E-state index contributed by atoms with van der Waals surface area (Å²) in [6, 6.07) is 11.1. The van der Waals surface area contributed by atoms with Gasteiger partial charge in [-0.05, 0) is 43.5 Å². The van der Waals surface area contributed by atoms with E-state index in [2.05, 4.69) is 5.32 Å². The third kappa shape index (κ3) is 8.79. The predicted octanol–water partition coefficient (Wildman–Crippen LogP) is 4.88. The van der Waals surface area contributed by atoms with Gasteiger partial charge < -0.3 is 15.0 Å². The molecule has 2 amide bonds. The molecule has 0 radical (unpaired) electrons. The van der Waals surface area contributed by atoms with Gasteiger partial charge in [0.1, 0.15) is 11.8 Å². The minimum absolute atomic E-state index is 0.0234. The molecule has 0 saturated heterocycles. The summed E-state index contributed by atoms with van der Waals surface area (Å²) in [5.41, 5.74) is 0.995.